The lowest BCUT2D eigenvalue weighted by atomic mass is 9.92. The third kappa shape index (κ3) is 3.53. The Hall–Kier alpha value is -1.42. The maximum atomic E-state index is 4.71. The number of nitrogens with one attached hydrogen (secondary N) is 1. The van der Waals surface area contributed by atoms with Crippen LogP contribution in [0.5, 0.6) is 0 Å². The molecule has 19 heavy (non-hydrogen) atoms. The Morgan fingerprint density at radius 1 is 1.26 bits per heavy atom. The molecule has 0 amide bonds. The molecule has 0 fully saturated rings. The summed E-state index contributed by atoms with van der Waals surface area (Å²) < 4.78 is 0. The molecule has 4 heteroatoms. The summed E-state index contributed by atoms with van der Waals surface area (Å²) in [6.07, 6.45) is 1.09. The summed E-state index contributed by atoms with van der Waals surface area (Å²) in [7, 11) is 0. The molecule has 2 aromatic rings. The molecule has 0 aliphatic rings. The topological polar surface area (TPSA) is 37.8 Å². The Bertz CT molecular complexity index is 527. The molecule has 0 spiro atoms. The lowest BCUT2D eigenvalue weighted by Crippen LogP contribution is -2.16. The zero-order valence-electron chi connectivity index (χ0n) is 12.0. The second kappa shape index (κ2) is 5.70. The Morgan fingerprint density at radius 3 is 2.63 bits per heavy atom. The fraction of sp³-hybridized carbons (Fsp3) is 0.467. The number of thiophene rings is 1. The second-order valence-electron chi connectivity index (χ2n) is 5.65. The van der Waals surface area contributed by atoms with Crippen LogP contribution >= 0.6 is 11.3 Å². The summed E-state index contributed by atoms with van der Waals surface area (Å²) in [5, 5.41) is 7.51. The van der Waals surface area contributed by atoms with Crippen LogP contribution in [0.2, 0.25) is 0 Å². The Kier molecular flexibility index (Phi) is 4.20. The molecule has 102 valence electrons. The number of anilines is 1. The van der Waals surface area contributed by atoms with Gasteiger partial charge in [-0.3, -0.25) is 0 Å². The van der Waals surface area contributed by atoms with Crippen molar-refractivity contribution in [1.29, 1.82) is 0 Å². The molecule has 0 aliphatic carbocycles. The van der Waals surface area contributed by atoms with Crippen LogP contribution in [0.15, 0.2) is 22.9 Å². The third-order valence-corrected chi connectivity index (χ3v) is 3.51. The van der Waals surface area contributed by atoms with Gasteiger partial charge in [0.2, 0.25) is 0 Å². The minimum Gasteiger partial charge on any atom is -0.370 e. The van der Waals surface area contributed by atoms with E-state index in [1.807, 2.05) is 0 Å². The first-order chi connectivity index (χ1) is 9.00. The van der Waals surface area contributed by atoms with Crippen molar-refractivity contribution in [1.82, 2.24) is 9.97 Å². The summed E-state index contributed by atoms with van der Waals surface area (Å²) >= 11 is 1.67. The molecule has 0 bridgehead atoms. The highest BCUT2D eigenvalue weighted by molar-refractivity contribution is 7.08. The van der Waals surface area contributed by atoms with Crippen molar-refractivity contribution in [2.75, 3.05) is 11.9 Å². The molecule has 3 nitrogen and oxygen atoms in total. The molecule has 0 saturated carbocycles. The van der Waals surface area contributed by atoms with E-state index in [2.05, 4.69) is 60.9 Å². The van der Waals surface area contributed by atoms with Crippen LogP contribution in [0.3, 0.4) is 0 Å². The van der Waals surface area contributed by atoms with Gasteiger partial charge in [-0.2, -0.15) is 11.3 Å². The fourth-order valence-electron chi connectivity index (χ4n) is 1.70. The molecule has 1 N–H and O–H groups in total. The summed E-state index contributed by atoms with van der Waals surface area (Å²) in [5.74, 6) is 1.73. The van der Waals surface area contributed by atoms with Gasteiger partial charge in [0.1, 0.15) is 5.82 Å². The second-order valence-corrected chi connectivity index (χ2v) is 6.43. The van der Waals surface area contributed by atoms with E-state index in [0.29, 0.717) is 0 Å². The largest absolute Gasteiger partial charge is 0.370 e. The molecule has 0 saturated heterocycles. The first-order valence-electron chi connectivity index (χ1n) is 6.66. The number of hydrogen-bond acceptors (Lipinski definition) is 4. The van der Waals surface area contributed by atoms with E-state index in [0.717, 1.165) is 35.9 Å². The van der Waals surface area contributed by atoms with Gasteiger partial charge in [0.15, 0.2) is 5.82 Å². The minimum atomic E-state index is 0.0242. The standard InChI is InChI=1S/C15H21N3S/c1-5-7-16-13-9-12(15(2,3)4)17-14(18-13)11-6-8-19-10-11/h6,8-10H,5,7H2,1-4H3,(H,16,17,18). The van der Waals surface area contributed by atoms with Crippen molar-refractivity contribution in [2.24, 2.45) is 0 Å². The van der Waals surface area contributed by atoms with Crippen LogP contribution in [-0.4, -0.2) is 16.5 Å². The number of nitrogens with zero attached hydrogens (tertiary/aromatic N) is 2. The predicted octanol–water partition coefficient (Wildman–Crippen LogP) is 4.32. The molecule has 0 unspecified atom stereocenters. The highest BCUT2D eigenvalue weighted by atomic mass is 32.1. The Labute approximate surface area is 119 Å². The maximum Gasteiger partial charge on any atom is 0.162 e. The van der Waals surface area contributed by atoms with E-state index in [4.69, 9.17) is 4.98 Å². The van der Waals surface area contributed by atoms with Gasteiger partial charge >= 0.3 is 0 Å². The van der Waals surface area contributed by atoms with E-state index in [1.54, 1.807) is 11.3 Å². The molecule has 0 aromatic carbocycles. The van der Waals surface area contributed by atoms with E-state index in [9.17, 15) is 0 Å². The first-order valence-corrected chi connectivity index (χ1v) is 7.61. The Balaban J connectivity index is 2.43. The van der Waals surface area contributed by atoms with Gasteiger partial charge in [0.05, 0.1) is 5.69 Å². The highest BCUT2D eigenvalue weighted by Crippen LogP contribution is 2.26. The predicted molar refractivity (Wildman–Crippen MR) is 82.8 cm³/mol. The van der Waals surface area contributed by atoms with Gasteiger partial charge in [-0.1, -0.05) is 27.7 Å². The molecule has 0 aliphatic heterocycles. The van der Waals surface area contributed by atoms with Crippen molar-refractivity contribution in [3.05, 3.63) is 28.6 Å². The summed E-state index contributed by atoms with van der Waals surface area (Å²) in [4.78, 5) is 9.32. The van der Waals surface area contributed by atoms with Gasteiger partial charge in [0.25, 0.3) is 0 Å². The van der Waals surface area contributed by atoms with Gasteiger partial charge in [-0.05, 0) is 17.9 Å². The molecular formula is C15H21N3S. The summed E-state index contributed by atoms with van der Waals surface area (Å²) in [6, 6.07) is 4.13. The van der Waals surface area contributed by atoms with Crippen molar-refractivity contribution in [3.8, 4) is 11.4 Å². The van der Waals surface area contributed by atoms with Gasteiger partial charge in [-0.25, -0.2) is 9.97 Å². The fourth-order valence-corrected chi connectivity index (χ4v) is 2.33. The lowest BCUT2D eigenvalue weighted by Gasteiger charge is -2.19. The minimum absolute atomic E-state index is 0.0242. The average molecular weight is 275 g/mol. The average Bonchev–Trinajstić information content (AvgIpc) is 2.89. The number of hydrogen-bond donors (Lipinski definition) is 1. The molecule has 2 aromatic heterocycles. The van der Waals surface area contributed by atoms with Crippen molar-refractivity contribution < 1.29 is 0 Å². The van der Waals surface area contributed by atoms with Crippen LogP contribution in [0.1, 0.15) is 39.8 Å². The summed E-state index contributed by atoms with van der Waals surface area (Å²) in [6.45, 7) is 9.62. The van der Waals surface area contributed by atoms with Gasteiger partial charge in [-0.15, -0.1) is 0 Å². The van der Waals surface area contributed by atoms with Crippen molar-refractivity contribution in [2.45, 2.75) is 39.5 Å². The van der Waals surface area contributed by atoms with E-state index in [1.165, 1.54) is 0 Å². The highest BCUT2D eigenvalue weighted by Gasteiger charge is 2.18. The molecule has 2 heterocycles. The maximum absolute atomic E-state index is 4.71. The van der Waals surface area contributed by atoms with Gasteiger partial charge in [0, 0.05) is 29.0 Å². The third-order valence-electron chi connectivity index (χ3n) is 2.83. The molecule has 0 radical (unpaired) electrons. The normalized spacial score (nSPS) is 11.6. The number of aromatic nitrogens is 2. The van der Waals surface area contributed by atoms with Gasteiger partial charge < -0.3 is 5.32 Å². The molecule has 2 rings (SSSR count). The zero-order valence-corrected chi connectivity index (χ0v) is 12.8. The van der Waals surface area contributed by atoms with Crippen LogP contribution in [0, 0.1) is 0 Å². The number of rotatable bonds is 4. The zero-order chi connectivity index (χ0) is 13.9. The lowest BCUT2D eigenvalue weighted by molar-refractivity contribution is 0.568. The van der Waals surface area contributed by atoms with Crippen LogP contribution in [0.25, 0.3) is 11.4 Å². The molecular weight excluding hydrogens is 254 g/mol. The van der Waals surface area contributed by atoms with E-state index < -0.39 is 0 Å². The molecule has 0 atom stereocenters. The van der Waals surface area contributed by atoms with Crippen molar-refractivity contribution >= 4 is 17.2 Å². The van der Waals surface area contributed by atoms with Crippen LogP contribution < -0.4 is 5.32 Å². The Morgan fingerprint density at radius 2 is 2.05 bits per heavy atom. The monoisotopic (exact) mass is 275 g/mol. The van der Waals surface area contributed by atoms with E-state index in [-0.39, 0.29) is 5.41 Å². The van der Waals surface area contributed by atoms with E-state index >= 15 is 0 Å². The first kappa shape index (κ1) is 14.0. The quantitative estimate of drug-likeness (QED) is 0.902. The smallest absolute Gasteiger partial charge is 0.162 e. The van der Waals surface area contributed by atoms with Crippen LogP contribution in [-0.2, 0) is 5.41 Å². The van der Waals surface area contributed by atoms with Crippen molar-refractivity contribution in [3.63, 3.8) is 0 Å². The van der Waals surface area contributed by atoms with Crippen LogP contribution in [0.4, 0.5) is 5.82 Å². The SMILES string of the molecule is CCCNc1cc(C(C)(C)C)nc(-c2ccsc2)n1. The summed E-state index contributed by atoms with van der Waals surface area (Å²) in [5.41, 5.74) is 2.19.